The summed E-state index contributed by atoms with van der Waals surface area (Å²) in [4.78, 5) is 13.8. The standard InChI is InChI=1S/C31H37N5O3/c1-22-9-11-23(12-10-22)36-29(21-28(34-36)31(2,3)4)33-30(37)32-26-13-14-27(25-8-6-5-7-24(25)26)39-20-17-35-15-18-38-19-16-35/h5-14,21H,15-20H2,1-4H3,(H2,32,33,37)/i15D2,16D2,18D2,19D2. The summed E-state index contributed by atoms with van der Waals surface area (Å²) in [5.74, 6) is 0.830. The molecule has 39 heavy (non-hydrogen) atoms. The van der Waals surface area contributed by atoms with Gasteiger partial charge in [0.2, 0.25) is 0 Å². The number of hydrogen-bond acceptors (Lipinski definition) is 5. The van der Waals surface area contributed by atoms with Gasteiger partial charge in [0.15, 0.2) is 0 Å². The van der Waals surface area contributed by atoms with Gasteiger partial charge in [-0.25, -0.2) is 9.48 Å². The van der Waals surface area contributed by atoms with Crippen LogP contribution < -0.4 is 15.4 Å². The molecule has 1 aromatic heterocycles. The van der Waals surface area contributed by atoms with Crippen LogP contribution in [0.1, 0.15) is 43.0 Å². The van der Waals surface area contributed by atoms with Crippen LogP contribution in [0.15, 0.2) is 66.7 Å². The first kappa shape index (κ1) is 18.4. The molecule has 8 heteroatoms. The number of rotatable bonds is 7. The van der Waals surface area contributed by atoms with Crippen molar-refractivity contribution in [3.63, 3.8) is 0 Å². The lowest BCUT2D eigenvalue weighted by atomic mass is 9.92. The molecule has 0 bridgehead atoms. The molecule has 8 nitrogen and oxygen atoms in total. The van der Waals surface area contributed by atoms with Crippen molar-refractivity contribution in [2.45, 2.75) is 33.1 Å². The Kier molecular flexibility index (Phi) is 5.42. The number of benzene rings is 3. The molecule has 2 N–H and O–H groups in total. The average molecular weight is 536 g/mol. The number of aromatic nitrogens is 2. The molecule has 0 atom stereocenters. The lowest BCUT2D eigenvalue weighted by Gasteiger charge is -2.26. The number of nitrogens with one attached hydrogen (secondary N) is 2. The first-order valence-corrected chi connectivity index (χ1v) is 12.6. The van der Waals surface area contributed by atoms with Gasteiger partial charge < -0.3 is 14.8 Å². The van der Waals surface area contributed by atoms with Crippen LogP contribution >= 0.6 is 0 Å². The van der Waals surface area contributed by atoms with E-state index in [1.54, 1.807) is 41.1 Å². The van der Waals surface area contributed by atoms with Crippen LogP contribution in [-0.4, -0.2) is 60.0 Å². The summed E-state index contributed by atoms with van der Waals surface area (Å²) in [6.45, 7) is -4.96. The molecule has 2 amide bonds. The fraction of sp³-hybridized carbons (Fsp3) is 0.355. The minimum absolute atomic E-state index is 0.264. The highest BCUT2D eigenvalue weighted by Crippen LogP contribution is 2.32. The third kappa shape index (κ3) is 6.41. The highest BCUT2D eigenvalue weighted by Gasteiger charge is 2.22. The van der Waals surface area contributed by atoms with Crippen molar-refractivity contribution in [3.05, 3.63) is 78.0 Å². The molecule has 0 saturated carbocycles. The van der Waals surface area contributed by atoms with Crippen molar-refractivity contribution >= 4 is 28.3 Å². The quantitative estimate of drug-likeness (QED) is 0.304. The van der Waals surface area contributed by atoms with E-state index in [9.17, 15) is 4.79 Å². The van der Waals surface area contributed by atoms with Crippen LogP contribution in [0.3, 0.4) is 0 Å². The van der Waals surface area contributed by atoms with E-state index in [0.29, 0.717) is 32.9 Å². The maximum absolute atomic E-state index is 13.3. The number of carbonyl (C=O) groups excluding carboxylic acids is 1. The Morgan fingerprint density at radius 1 is 1.03 bits per heavy atom. The van der Waals surface area contributed by atoms with Gasteiger partial charge in [0, 0.05) is 47.3 Å². The van der Waals surface area contributed by atoms with Gasteiger partial charge in [-0.2, -0.15) is 5.10 Å². The number of fused-ring (bicyclic) bond motifs is 1. The molecular formula is C31H37N5O3. The molecule has 0 spiro atoms. The van der Waals surface area contributed by atoms with E-state index in [-0.39, 0.29) is 12.0 Å². The largest absolute Gasteiger partial charge is 0.492 e. The third-order valence-corrected chi connectivity index (χ3v) is 6.17. The fourth-order valence-corrected chi connectivity index (χ4v) is 4.06. The van der Waals surface area contributed by atoms with Gasteiger partial charge in [-0.1, -0.05) is 62.7 Å². The second kappa shape index (κ2) is 11.5. The zero-order chi connectivity index (χ0) is 34.6. The van der Waals surface area contributed by atoms with Gasteiger partial charge in [0.1, 0.15) is 18.2 Å². The minimum atomic E-state index is -3.13. The number of ether oxygens (including phenoxy) is 2. The topological polar surface area (TPSA) is 80.7 Å². The van der Waals surface area contributed by atoms with Crippen molar-refractivity contribution in [2.75, 3.05) is 49.9 Å². The molecule has 1 fully saturated rings. The minimum Gasteiger partial charge on any atom is -0.492 e. The van der Waals surface area contributed by atoms with Crippen molar-refractivity contribution < 1.29 is 25.2 Å². The van der Waals surface area contributed by atoms with Crippen LogP contribution in [0.2, 0.25) is 0 Å². The number of urea groups is 1. The zero-order valence-electron chi connectivity index (χ0n) is 30.3. The number of aryl methyl sites for hydroxylation is 1. The summed E-state index contributed by atoms with van der Waals surface area (Å²) < 4.78 is 76.4. The SMILES string of the molecule is [2H]C1([2H])OC([2H])([2H])C([2H])([2H])N(CCOc2ccc(NC(=O)Nc3cc(C(C)(C)C)nn3-c3ccc(C)cc3)c3ccccc23)C1([2H])[2H]. The molecule has 0 radical (unpaired) electrons. The number of morpholine rings is 1. The van der Waals surface area contributed by atoms with E-state index < -0.39 is 38.7 Å². The Morgan fingerprint density at radius 3 is 2.46 bits per heavy atom. The maximum Gasteiger partial charge on any atom is 0.324 e. The third-order valence-electron chi connectivity index (χ3n) is 6.17. The molecule has 0 unspecified atom stereocenters. The number of anilines is 2. The van der Waals surface area contributed by atoms with E-state index >= 15 is 0 Å². The first-order valence-electron chi connectivity index (χ1n) is 16.6. The van der Waals surface area contributed by atoms with Gasteiger partial charge in [0.25, 0.3) is 0 Å². The van der Waals surface area contributed by atoms with Gasteiger partial charge in [-0.3, -0.25) is 10.2 Å². The molecule has 1 aliphatic rings. The van der Waals surface area contributed by atoms with Gasteiger partial charge in [-0.15, -0.1) is 0 Å². The van der Waals surface area contributed by atoms with Crippen LogP contribution in [0.5, 0.6) is 5.75 Å². The Morgan fingerprint density at radius 2 is 1.74 bits per heavy atom. The smallest absolute Gasteiger partial charge is 0.324 e. The summed E-state index contributed by atoms with van der Waals surface area (Å²) >= 11 is 0. The van der Waals surface area contributed by atoms with Crippen LogP contribution in [-0.2, 0) is 10.2 Å². The predicted molar refractivity (Wildman–Crippen MR) is 156 cm³/mol. The highest BCUT2D eigenvalue weighted by molar-refractivity contribution is 6.07. The zero-order valence-corrected chi connectivity index (χ0v) is 22.3. The van der Waals surface area contributed by atoms with Gasteiger partial charge >= 0.3 is 6.03 Å². The number of amides is 2. The highest BCUT2D eigenvalue weighted by atomic mass is 16.5. The van der Waals surface area contributed by atoms with Crippen molar-refractivity contribution in [1.29, 1.82) is 0 Å². The predicted octanol–water partition coefficient (Wildman–Crippen LogP) is 5.99. The summed E-state index contributed by atoms with van der Waals surface area (Å²) in [7, 11) is 0. The lowest BCUT2D eigenvalue weighted by Crippen LogP contribution is -2.38. The summed E-state index contributed by atoms with van der Waals surface area (Å²) in [6.07, 6.45) is 0. The van der Waals surface area contributed by atoms with Gasteiger partial charge in [0.05, 0.1) is 35.7 Å². The molecule has 3 aromatic carbocycles. The van der Waals surface area contributed by atoms with E-state index in [4.69, 9.17) is 20.8 Å². The lowest BCUT2D eigenvalue weighted by molar-refractivity contribution is 0.0323. The van der Waals surface area contributed by atoms with Gasteiger partial charge in [-0.05, 0) is 31.2 Å². The molecule has 1 saturated heterocycles. The van der Waals surface area contributed by atoms with E-state index in [1.165, 1.54) is 0 Å². The molecule has 0 aliphatic carbocycles. The first-order chi connectivity index (χ1) is 21.7. The van der Waals surface area contributed by atoms with E-state index in [0.717, 1.165) is 16.9 Å². The summed E-state index contributed by atoms with van der Waals surface area (Å²) in [5, 5.41) is 11.8. The summed E-state index contributed by atoms with van der Waals surface area (Å²) in [6, 6.07) is 19.5. The Hall–Kier alpha value is -3.88. The normalized spacial score (nSPS) is 22.6. The molecule has 204 valence electrons. The monoisotopic (exact) mass is 535 g/mol. The fourth-order valence-electron chi connectivity index (χ4n) is 4.06. The van der Waals surface area contributed by atoms with Crippen molar-refractivity contribution in [2.24, 2.45) is 0 Å². The Balaban J connectivity index is 1.35. The maximum atomic E-state index is 13.3. The Bertz CT molecular complexity index is 1760. The number of hydrogen-bond donors (Lipinski definition) is 2. The molecule has 2 heterocycles. The Labute approximate surface area is 241 Å². The second-order valence-corrected chi connectivity index (χ2v) is 10.2. The molecule has 4 aromatic rings. The van der Waals surface area contributed by atoms with Crippen molar-refractivity contribution in [3.8, 4) is 11.4 Å². The number of nitrogens with zero attached hydrogens (tertiary/aromatic N) is 3. The summed E-state index contributed by atoms with van der Waals surface area (Å²) in [5.41, 5.74) is 2.89. The average Bonchev–Trinajstić information content (AvgIpc) is 3.39. The van der Waals surface area contributed by atoms with E-state index in [2.05, 4.69) is 15.4 Å². The van der Waals surface area contributed by atoms with Crippen LogP contribution in [0.25, 0.3) is 16.5 Å². The van der Waals surface area contributed by atoms with Crippen LogP contribution in [0.4, 0.5) is 16.3 Å². The molecule has 5 rings (SSSR count). The van der Waals surface area contributed by atoms with E-state index in [1.807, 2.05) is 58.0 Å². The van der Waals surface area contributed by atoms with Crippen LogP contribution in [0, 0.1) is 6.92 Å². The number of carbonyl (C=O) groups is 1. The molecule has 1 aliphatic heterocycles. The molecular weight excluding hydrogens is 490 g/mol. The second-order valence-electron chi connectivity index (χ2n) is 10.2. The van der Waals surface area contributed by atoms with Crippen molar-refractivity contribution in [1.82, 2.24) is 14.7 Å².